The highest BCUT2D eigenvalue weighted by Gasteiger charge is 2.21. The number of benzene rings is 2. The van der Waals surface area contributed by atoms with E-state index in [1.165, 1.54) is 0 Å². The third kappa shape index (κ3) is 9.37. The van der Waals surface area contributed by atoms with Gasteiger partial charge in [0.2, 0.25) is 0 Å². The quantitative estimate of drug-likeness (QED) is 0.153. The first-order valence-corrected chi connectivity index (χ1v) is 15.1. The minimum absolute atomic E-state index is 0.195. The smallest absolute Gasteiger partial charge is 0.323 e. The minimum atomic E-state index is -0.592. The van der Waals surface area contributed by atoms with Crippen LogP contribution in [0, 0.1) is 14.3 Å². The first-order valence-electron chi connectivity index (χ1n) is 10.8. The maximum absolute atomic E-state index is 12.3. The molecule has 0 spiro atoms. The Labute approximate surface area is 257 Å². The highest BCUT2D eigenvalue weighted by Crippen LogP contribution is 2.37. The Hall–Kier alpha value is 0.415. The van der Waals surface area contributed by atoms with Crippen LogP contribution in [0.5, 0.6) is 17.2 Å². The van der Waals surface area contributed by atoms with Crippen LogP contribution in [0.4, 0.5) is 0 Å². The lowest BCUT2D eigenvalue weighted by Crippen LogP contribution is -2.39. The molecule has 0 aliphatic rings. The van der Waals surface area contributed by atoms with Gasteiger partial charge in [0.25, 0.3) is 0 Å². The number of ether oxygens (including phenoxy) is 3. The van der Waals surface area contributed by atoms with E-state index in [1.54, 1.807) is 0 Å². The zero-order chi connectivity index (χ0) is 25.3. The highest BCUT2D eigenvalue weighted by atomic mass is 127. The summed E-state index contributed by atoms with van der Waals surface area (Å²) in [5, 5.41) is 13.1. The molecule has 0 aromatic heterocycles. The number of hydrogen-bond acceptors (Lipinski definition) is 6. The molecular formula is C23H26BI4NO5. The van der Waals surface area contributed by atoms with Crippen LogP contribution in [0.25, 0.3) is 0 Å². The van der Waals surface area contributed by atoms with Gasteiger partial charge in [-0.1, -0.05) is 13.2 Å². The molecule has 2 aromatic carbocycles. The number of halogens is 4. The number of rotatable bonds is 13. The molecule has 2 radical (unpaired) electrons. The van der Waals surface area contributed by atoms with Crippen LogP contribution in [0.3, 0.4) is 0 Å². The largest absolute Gasteiger partial charge is 0.489 e. The van der Waals surface area contributed by atoms with Gasteiger partial charge >= 0.3 is 5.97 Å². The Morgan fingerprint density at radius 2 is 1.62 bits per heavy atom. The van der Waals surface area contributed by atoms with Crippen LogP contribution < -0.4 is 14.8 Å². The molecule has 2 unspecified atom stereocenters. The van der Waals surface area contributed by atoms with Crippen molar-refractivity contribution in [3.05, 3.63) is 44.1 Å². The number of esters is 1. The maximum Gasteiger partial charge on any atom is 0.323 e. The summed E-state index contributed by atoms with van der Waals surface area (Å²) in [5.74, 6) is 1.94. The van der Waals surface area contributed by atoms with Crippen molar-refractivity contribution in [2.75, 3.05) is 19.8 Å². The molecule has 184 valence electrons. The van der Waals surface area contributed by atoms with Gasteiger partial charge in [0.15, 0.2) is 5.75 Å². The van der Waals surface area contributed by atoms with Gasteiger partial charge in [0.05, 0.1) is 34.8 Å². The van der Waals surface area contributed by atoms with Crippen molar-refractivity contribution < 1.29 is 24.1 Å². The lowest BCUT2D eigenvalue weighted by atomic mass is 9.99. The first kappa shape index (κ1) is 30.6. The van der Waals surface area contributed by atoms with E-state index in [9.17, 15) is 9.90 Å². The lowest BCUT2D eigenvalue weighted by molar-refractivity contribution is -0.145. The van der Waals surface area contributed by atoms with Crippen molar-refractivity contribution in [3.8, 4) is 17.2 Å². The van der Waals surface area contributed by atoms with Crippen LogP contribution in [0.1, 0.15) is 25.8 Å². The van der Waals surface area contributed by atoms with Crippen LogP contribution in [0.2, 0.25) is 6.32 Å². The summed E-state index contributed by atoms with van der Waals surface area (Å²) < 4.78 is 21.0. The van der Waals surface area contributed by atoms with E-state index in [0.29, 0.717) is 38.1 Å². The topological polar surface area (TPSA) is 77.0 Å². The zero-order valence-corrected chi connectivity index (χ0v) is 27.5. The minimum Gasteiger partial charge on any atom is -0.489 e. The zero-order valence-electron chi connectivity index (χ0n) is 18.9. The predicted molar refractivity (Wildman–Crippen MR) is 168 cm³/mol. The summed E-state index contributed by atoms with van der Waals surface area (Å²) in [6, 6.07) is 7.51. The molecule has 2 rings (SSSR count). The molecule has 6 nitrogen and oxygen atoms in total. The third-order valence-corrected chi connectivity index (χ3v) is 7.84. The summed E-state index contributed by atoms with van der Waals surface area (Å²) >= 11 is 8.94. The molecule has 2 aromatic rings. The molecule has 0 fully saturated rings. The number of hydrogen-bond donors (Lipinski definition) is 2. The Kier molecular flexibility index (Phi) is 14.1. The SMILES string of the molecule is [B]CCC(O)COc1c(I)cc(Oc2c(I)cc(CC(NCC)C(=O)OCC)cc2I)cc1I. The normalized spacial score (nSPS) is 12.8. The van der Waals surface area contributed by atoms with Gasteiger partial charge in [-0.15, -0.1) is 0 Å². The van der Waals surface area contributed by atoms with E-state index in [-0.39, 0.29) is 18.6 Å². The Bertz CT molecular complexity index is 932. The van der Waals surface area contributed by atoms with E-state index in [4.69, 9.17) is 22.1 Å². The standard InChI is InChI=1S/C23H26BI4NO5/c1-3-29-20(23(31)32-4-2)9-13-7-16(25)22(17(26)8-13)34-15-10-18(27)21(19(28)11-15)33-12-14(30)5-6-24/h7-8,10-11,14,20,29-30H,3-6,9,12H2,1-2H3. The summed E-state index contributed by atoms with van der Waals surface area (Å²) in [4.78, 5) is 12.3. The van der Waals surface area contributed by atoms with Gasteiger partial charge in [-0.2, -0.15) is 0 Å². The average Bonchev–Trinajstić information content (AvgIpc) is 2.76. The van der Waals surface area contributed by atoms with Crippen LogP contribution in [-0.4, -0.2) is 50.8 Å². The average molecular weight is 915 g/mol. The number of aliphatic hydroxyl groups excluding tert-OH is 1. The van der Waals surface area contributed by atoms with Gasteiger partial charge in [0, 0.05) is 0 Å². The van der Waals surface area contributed by atoms with Gasteiger partial charge in [0.1, 0.15) is 24.1 Å². The summed E-state index contributed by atoms with van der Waals surface area (Å²) in [7, 11) is 5.49. The monoisotopic (exact) mass is 915 g/mol. The second-order valence-corrected chi connectivity index (χ2v) is 12.0. The second kappa shape index (κ2) is 15.6. The van der Waals surface area contributed by atoms with Crippen molar-refractivity contribution in [3.63, 3.8) is 0 Å². The summed E-state index contributed by atoms with van der Waals surface area (Å²) in [5.41, 5.74) is 1.03. The van der Waals surface area contributed by atoms with Gasteiger partial charge in [-0.05, 0) is 147 Å². The van der Waals surface area contributed by atoms with E-state index in [2.05, 4.69) is 95.7 Å². The van der Waals surface area contributed by atoms with E-state index < -0.39 is 6.10 Å². The number of aliphatic hydroxyl groups is 1. The van der Waals surface area contributed by atoms with Crippen molar-refractivity contribution in [1.82, 2.24) is 5.32 Å². The summed E-state index contributed by atoms with van der Waals surface area (Å²) in [6.45, 7) is 5.02. The number of carbonyl (C=O) groups excluding carboxylic acids is 1. The lowest BCUT2D eigenvalue weighted by Gasteiger charge is -2.18. The van der Waals surface area contributed by atoms with Crippen molar-refractivity contribution >= 4 is 104 Å². The Morgan fingerprint density at radius 1 is 1.03 bits per heavy atom. The second-order valence-electron chi connectivity index (χ2n) is 7.32. The molecule has 0 aliphatic carbocycles. The Balaban J connectivity index is 2.18. The molecule has 2 N–H and O–H groups in total. The Morgan fingerprint density at radius 3 is 2.15 bits per heavy atom. The van der Waals surface area contributed by atoms with Gasteiger partial charge in [-0.25, -0.2) is 0 Å². The number of carbonyl (C=O) groups is 1. The molecule has 2 atom stereocenters. The molecule has 0 bridgehead atoms. The van der Waals surface area contributed by atoms with Crippen molar-refractivity contribution in [2.45, 2.75) is 45.2 Å². The van der Waals surface area contributed by atoms with Gasteiger partial charge in [-0.3, -0.25) is 4.79 Å². The van der Waals surface area contributed by atoms with Crippen LogP contribution in [-0.2, 0) is 16.0 Å². The summed E-state index contributed by atoms with van der Waals surface area (Å²) in [6.07, 6.45) is 0.859. The van der Waals surface area contributed by atoms with E-state index >= 15 is 0 Å². The third-order valence-electron chi connectivity index (χ3n) is 4.63. The molecule has 0 saturated carbocycles. The van der Waals surface area contributed by atoms with Crippen LogP contribution in [0.15, 0.2) is 24.3 Å². The predicted octanol–water partition coefficient (Wildman–Crippen LogP) is 5.70. The maximum atomic E-state index is 12.3. The van der Waals surface area contributed by atoms with Crippen LogP contribution >= 0.6 is 90.4 Å². The molecule has 0 aliphatic heterocycles. The molecule has 34 heavy (non-hydrogen) atoms. The van der Waals surface area contributed by atoms with E-state index in [1.807, 2.05) is 38.1 Å². The van der Waals surface area contributed by atoms with Gasteiger partial charge < -0.3 is 24.6 Å². The molecule has 0 amide bonds. The first-order chi connectivity index (χ1) is 16.2. The molecule has 11 heteroatoms. The van der Waals surface area contributed by atoms with Crippen molar-refractivity contribution in [1.29, 1.82) is 0 Å². The number of nitrogens with one attached hydrogen (secondary N) is 1. The van der Waals surface area contributed by atoms with Crippen molar-refractivity contribution in [2.24, 2.45) is 0 Å². The number of likely N-dealkylation sites (N-methyl/N-ethyl adjacent to an activating group) is 1. The molecular weight excluding hydrogens is 889 g/mol. The van der Waals surface area contributed by atoms with E-state index in [0.717, 1.165) is 31.3 Å². The fourth-order valence-corrected chi connectivity index (χ4v) is 7.24. The molecule has 0 saturated heterocycles. The molecule has 0 heterocycles. The fraction of sp³-hybridized carbons (Fsp3) is 0.435. The fourth-order valence-electron chi connectivity index (χ4n) is 3.10. The highest BCUT2D eigenvalue weighted by molar-refractivity contribution is 14.1.